The average Bonchev–Trinajstić information content (AvgIpc) is 2.65. The van der Waals surface area contributed by atoms with Crippen molar-refractivity contribution in [3.05, 3.63) is 18.2 Å². The van der Waals surface area contributed by atoms with E-state index >= 15 is 0 Å². The minimum atomic E-state index is 0. The fraction of sp³-hybridized carbons (Fsp3) is 0.667. The van der Waals surface area contributed by atoms with Gasteiger partial charge in [0, 0.05) is 31.9 Å². The summed E-state index contributed by atoms with van der Waals surface area (Å²) in [6, 6.07) is 0.658. The van der Waals surface area contributed by atoms with E-state index in [2.05, 4.69) is 21.9 Å². The molecule has 1 unspecified atom stereocenters. The van der Waals surface area contributed by atoms with Gasteiger partial charge in [-0.15, -0.1) is 12.4 Å². The number of hydrogen-bond donors (Lipinski definition) is 1. The minimum Gasteiger partial charge on any atom is -0.338 e. The first-order valence-corrected chi connectivity index (χ1v) is 4.56. The molecule has 0 saturated carbocycles. The van der Waals surface area contributed by atoms with Crippen LogP contribution in [0.4, 0.5) is 0 Å². The zero-order valence-corrected chi connectivity index (χ0v) is 8.68. The van der Waals surface area contributed by atoms with Gasteiger partial charge in [0.25, 0.3) is 0 Å². The number of aromatic nitrogens is 2. The molecule has 1 aromatic rings. The molecule has 0 radical (unpaired) electrons. The molecule has 2 heterocycles. The highest BCUT2D eigenvalue weighted by Gasteiger charge is 2.15. The highest BCUT2D eigenvalue weighted by molar-refractivity contribution is 5.85. The van der Waals surface area contributed by atoms with E-state index in [1.165, 1.54) is 25.2 Å². The monoisotopic (exact) mass is 201 g/mol. The van der Waals surface area contributed by atoms with E-state index in [4.69, 9.17) is 0 Å². The zero-order valence-electron chi connectivity index (χ0n) is 7.86. The van der Waals surface area contributed by atoms with Gasteiger partial charge >= 0.3 is 0 Å². The van der Waals surface area contributed by atoms with Crippen molar-refractivity contribution in [1.82, 2.24) is 14.9 Å². The van der Waals surface area contributed by atoms with Gasteiger partial charge in [0.2, 0.25) is 0 Å². The second kappa shape index (κ2) is 4.63. The Balaban J connectivity index is 0.000000845. The lowest BCUT2D eigenvalue weighted by Gasteiger charge is -2.08. The maximum atomic E-state index is 4.30. The number of halogens is 1. The van der Waals surface area contributed by atoms with Crippen LogP contribution in [0.5, 0.6) is 0 Å². The van der Waals surface area contributed by atoms with Crippen molar-refractivity contribution in [1.29, 1.82) is 0 Å². The predicted molar refractivity (Wildman–Crippen MR) is 55.2 cm³/mol. The van der Waals surface area contributed by atoms with Gasteiger partial charge in [-0.25, -0.2) is 4.98 Å². The first-order chi connectivity index (χ1) is 5.86. The van der Waals surface area contributed by atoms with E-state index in [-0.39, 0.29) is 12.4 Å². The molecule has 1 aromatic heterocycles. The topological polar surface area (TPSA) is 29.9 Å². The minimum absolute atomic E-state index is 0. The molecular weight excluding hydrogens is 186 g/mol. The van der Waals surface area contributed by atoms with E-state index in [0.29, 0.717) is 6.04 Å². The molecule has 0 bridgehead atoms. The predicted octanol–water partition coefficient (Wildman–Crippen LogP) is 1.14. The molecule has 1 atom stereocenters. The molecule has 0 aliphatic carbocycles. The second-order valence-corrected chi connectivity index (χ2v) is 3.45. The molecular formula is C9H16ClN3. The number of hydrogen-bond acceptors (Lipinski definition) is 2. The Morgan fingerprint density at radius 2 is 2.54 bits per heavy atom. The van der Waals surface area contributed by atoms with E-state index in [1.807, 2.05) is 12.4 Å². The number of rotatable bonds is 2. The second-order valence-electron chi connectivity index (χ2n) is 3.45. The number of imidazole rings is 1. The van der Waals surface area contributed by atoms with Crippen LogP contribution in [0.1, 0.15) is 18.7 Å². The van der Waals surface area contributed by atoms with Gasteiger partial charge in [0.05, 0.1) is 0 Å². The van der Waals surface area contributed by atoms with Gasteiger partial charge in [0.15, 0.2) is 0 Å². The van der Waals surface area contributed by atoms with Crippen molar-refractivity contribution in [3.63, 3.8) is 0 Å². The standard InChI is InChI=1S/C9H15N3.ClH/c1-12-6-5-11-9(12)7-8-3-2-4-10-8;/h5-6,8,10H,2-4,7H2,1H3;1H. The van der Waals surface area contributed by atoms with Gasteiger partial charge in [-0.3, -0.25) is 0 Å². The third kappa shape index (κ3) is 2.45. The van der Waals surface area contributed by atoms with Gasteiger partial charge in [-0.05, 0) is 19.4 Å². The highest BCUT2D eigenvalue weighted by Crippen LogP contribution is 2.09. The molecule has 3 nitrogen and oxygen atoms in total. The Hall–Kier alpha value is -0.540. The van der Waals surface area contributed by atoms with Crippen LogP contribution in [-0.2, 0) is 13.5 Å². The van der Waals surface area contributed by atoms with Gasteiger partial charge in [0.1, 0.15) is 5.82 Å². The number of aryl methyl sites for hydroxylation is 1. The molecule has 0 amide bonds. The van der Waals surface area contributed by atoms with Crippen molar-refractivity contribution in [2.24, 2.45) is 7.05 Å². The maximum absolute atomic E-state index is 4.30. The van der Waals surface area contributed by atoms with Crippen LogP contribution in [0.2, 0.25) is 0 Å². The van der Waals surface area contributed by atoms with Gasteiger partial charge in [-0.2, -0.15) is 0 Å². The van der Waals surface area contributed by atoms with E-state index in [1.54, 1.807) is 0 Å². The van der Waals surface area contributed by atoms with Gasteiger partial charge in [-0.1, -0.05) is 0 Å². The molecule has 13 heavy (non-hydrogen) atoms. The first-order valence-electron chi connectivity index (χ1n) is 4.56. The molecule has 1 N–H and O–H groups in total. The summed E-state index contributed by atoms with van der Waals surface area (Å²) < 4.78 is 2.10. The first kappa shape index (κ1) is 10.5. The summed E-state index contributed by atoms with van der Waals surface area (Å²) in [5.74, 6) is 1.19. The van der Waals surface area contributed by atoms with Crippen LogP contribution >= 0.6 is 12.4 Å². The molecule has 1 fully saturated rings. The Kier molecular flexibility index (Phi) is 3.75. The lowest BCUT2D eigenvalue weighted by molar-refractivity contribution is 0.573. The normalized spacial score (nSPS) is 21.5. The summed E-state index contributed by atoms with van der Waals surface area (Å²) in [6.07, 6.45) is 7.56. The van der Waals surface area contributed by atoms with Crippen molar-refractivity contribution in [2.45, 2.75) is 25.3 Å². The van der Waals surface area contributed by atoms with Crippen molar-refractivity contribution in [3.8, 4) is 0 Å². The Morgan fingerprint density at radius 3 is 3.08 bits per heavy atom. The number of nitrogens with zero attached hydrogens (tertiary/aromatic N) is 2. The Morgan fingerprint density at radius 1 is 1.69 bits per heavy atom. The largest absolute Gasteiger partial charge is 0.338 e. The Labute approximate surface area is 85.0 Å². The molecule has 1 aliphatic rings. The van der Waals surface area contributed by atoms with Crippen LogP contribution in [0, 0.1) is 0 Å². The third-order valence-corrected chi connectivity index (χ3v) is 2.51. The molecule has 4 heteroatoms. The SMILES string of the molecule is Cl.Cn1ccnc1CC1CCCN1. The van der Waals surface area contributed by atoms with Crippen molar-refractivity contribution >= 4 is 12.4 Å². The third-order valence-electron chi connectivity index (χ3n) is 2.51. The Bertz CT molecular complexity index is 253. The molecule has 0 aromatic carbocycles. The fourth-order valence-corrected chi connectivity index (χ4v) is 1.74. The summed E-state index contributed by atoms with van der Waals surface area (Å²) in [5, 5.41) is 3.47. The van der Waals surface area contributed by atoms with E-state index < -0.39 is 0 Å². The van der Waals surface area contributed by atoms with Crippen LogP contribution in [0.15, 0.2) is 12.4 Å². The summed E-state index contributed by atoms with van der Waals surface area (Å²) in [7, 11) is 2.05. The molecule has 1 saturated heterocycles. The van der Waals surface area contributed by atoms with Crippen LogP contribution in [0.3, 0.4) is 0 Å². The molecule has 0 spiro atoms. The maximum Gasteiger partial charge on any atom is 0.109 e. The quantitative estimate of drug-likeness (QED) is 0.778. The number of nitrogens with one attached hydrogen (secondary N) is 1. The van der Waals surface area contributed by atoms with Crippen LogP contribution < -0.4 is 5.32 Å². The van der Waals surface area contributed by atoms with Crippen LogP contribution in [-0.4, -0.2) is 22.1 Å². The van der Waals surface area contributed by atoms with E-state index in [0.717, 1.165) is 6.42 Å². The average molecular weight is 202 g/mol. The zero-order chi connectivity index (χ0) is 8.39. The summed E-state index contributed by atoms with van der Waals surface area (Å²) >= 11 is 0. The summed E-state index contributed by atoms with van der Waals surface area (Å²) in [5.41, 5.74) is 0. The lowest BCUT2D eigenvalue weighted by atomic mass is 10.1. The van der Waals surface area contributed by atoms with Gasteiger partial charge < -0.3 is 9.88 Å². The smallest absolute Gasteiger partial charge is 0.109 e. The molecule has 1 aliphatic heterocycles. The lowest BCUT2D eigenvalue weighted by Crippen LogP contribution is -2.24. The summed E-state index contributed by atoms with van der Waals surface area (Å²) in [6.45, 7) is 1.18. The van der Waals surface area contributed by atoms with Crippen molar-refractivity contribution < 1.29 is 0 Å². The summed E-state index contributed by atoms with van der Waals surface area (Å²) in [4.78, 5) is 4.30. The molecule has 74 valence electrons. The highest BCUT2D eigenvalue weighted by atomic mass is 35.5. The fourth-order valence-electron chi connectivity index (χ4n) is 1.74. The van der Waals surface area contributed by atoms with E-state index in [9.17, 15) is 0 Å². The van der Waals surface area contributed by atoms with Crippen LogP contribution in [0.25, 0.3) is 0 Å². The molecule has 2 rings (SSSR count). The van der Waals surface area contributed by atoms with Crippen molar-refractivity contribution in [2.75, 3.05) is 6.54 Å².